The Kier molecular flexibility index (Phi) is 3.58. The van der Waals surface area contributed by atoms with Crippen molar-refractivity contribution in [3.63, 3.8) is 0 Å². The van der Waals surface area contributed by atoms with Gasteiger partial charge in [0.1, 0.15) is 0 Å². The lowest BCUT2D eigenvalue weighted by atomic mass is 9.77. The molecule has 0 aromatic heterocycles. The van der Waals surface area contributed by atoms with Crippen LogP contribution in [0.1, 0.15) is 40.0 Å². The van der Waals surface area contributed by atoms with E-state index in [1.165, 1.54) is 0 Å². The quantitative estimate of drug-likeness (QED) is 0.727. The summed E-state index contributed by atoms with van der Waals surface area (Å²) in [4.78, 5) is 0. The second kappa shape index (κ2) is 4.19. The van der Waals surface area contributed by atoms with Gasteiger partial charge < -0.3 is 0 Å². The maximum atomic E-state index is 11.2. The smallest absolute Gasteiger partial charge is 0.268 e. The molecule has 3 atom stereocenters. The molecule has 0 spiro atoms. The highest BCUT2D eigenvalue weighted by molar-refractivity contribution is 7.86. The van der Waals surface area contributed by atoms with Crippen LogP contribution in [0.3, 0.4) is 0 Å². The van der Waals surface area contributed by atoms with Gasteiger partial charge in [-0.05, 0) is 30.6 Å². The molecular formula is C10H20O3S. The van der Waals surface area contributed by atoms with Crippen molar-refractivity contribution < 1.29 is 13.0 Å². The second-order valence-corrected chi connectivity index (χ2v) is 6.51. The van der Waals surface area contributed by atoms with Crippen molar-refractivity contribution in [1.82, 2.24) is 0 Å². The van der Waals surface area contributed by atoms with Gasteiger partial charge in [0, 0.05) is 0 Å². The fourth-order valence-corrected chi connectivity index (χ4v) is 3.92. The highest BCUT2D eigenvalue weighted by atomic mass is 32.2. The van der Waals surface area contributed by atoms with Crippen LogP contribution in [0, 0.1) is 17.8 Å². The van der Waals surface area contributed by atoms with E-state index in [0.717, 1.165) is 12.8 Å². The Morgan fingerprint density at radius 3 is 2.29 bits per heavy atom. The van der Waals surface area contributed by atoms with E-state index >= 15 is 0 Å². The molecule has 1 rings (SSSR count). The van der Waals surface area contributed by atoms with Crippen LogP contribution in [0.25, 0.3) is 0 Å². The average molecular weight is 220 g/mol. The summed E-state index contributed by atoms with van der Waals surface area (Å²) in [5, 5.41) is -0.536. The third-order valence-electron chi connectivity index (χ3n) is 3.34. The fourth-order valence-electron chi connectivity index (χ4n) is 2.46. The summed E-state index contributed by atoms with van der Waals surface area (Å²) in [7, 11) is -3.85. The van der Waals surface area contributed by atoms with Crippen molar-refractivity contribution in [3.05, 3.63) is 0 Å². The first-order valence-electron chi connectivity index (χ1n) is 5.28. The second-order valence-electron chi connectivity index (χ2n) is 4.88. The molecule has 1 fully saturated rings. The molecule has 0 amide bonds. The normalized spacial score (nSPS) is 34.8. The first-order valence-corrected chi connectivity index (χ1v) is 6.79. The number of hydrogen-bond donors (Lipinski definition) is 1. The molecule has 1 N–H and O–H groups in total. The van der Waals surface area contributed by atoms with Crippen molar-refractivity contribution in [1.29, 1.82) is 0 Å². The molecule has 4 heteroatoms. The van der Waals surface area contributed by atoms with Gasteiger partial charge in [0.15, 0.2) is 0 Å². The first-order chi connectivity index (χ1) is 6.32. The van der Waals surface area contributed by atoms with Crippen LogP contribution in [-0.2, 0) is 10.1 Å². The van der Waals surface area contributed by atoms with Crippen LogP contribution in [0.4, 0.5) is 0 Å². The molecule has 1 aliphatic carbocycles. The van der Waals surface area contributed by atoms with E-state index in [1.54, 1.807) is 0 Å². The molecule has 0 aromatic carbocycles. The van der Waals surface area contributed by atoms with Gasteiger partial charge in [-0.2, -0.15) is 8.42 Å². The lowest BCUT2D eigenvalue weighted by molar-refractivity contribution is 0.229. The molecule has 3 unspecified atom stereocenters. The molecule has 0 heterocycles. The van der Waals surface area contributed by atoms with Crippen molar-refractivity contribution in [3.8, 4) is 0 Å². The predicted molar refractivity (Wildman–Crippen MR) is 56.7 cm³/mol. The molecule has 84 valence electrons. The Morgan fingerprint density at radius 1 is 1.29 bits per heavy atom. The minimum atomic E-state index is -3.85. The Labute approximate surface area is 86.6 Å². The van der Waals surface area contributed by atoms with E-state index in [9.17, 15) is 8.42 Å². The zero-order valence-corrected chi connectivity index (χ0v) is 9.92. The van der Waals surface area contributed by atoms with Gasteiger partial charge in [-0.1, -0.05) is 27.2 Å². The van der Waals surface area contributed by atoms with Crippen molar-refractivity contribution >= 4 is 10.1 Å². The van der Waals surface area contributed by atoms with Gasteiger partial charge in [0.05, 0.1) is 5.25 Å². The maximum Gasteiger partial charge on any atom is 0.268 e. The fraction of sp³-hybridized carbons (Fsp3) is 1.00. The molecule has 1 saturated carbocycles. The summed E-state index contributed by atoms with van der Waals surface area (Å²) < 4.78 is 31.6. The summed E-state index contributed by atoms with van der Waals surface area (Å²) in [6.45, 7) is 6.10. The van der Waals surface area contributed by atoms with Crippen LogP contribution in [0.5, 0.6) is 0 Å². The van der Waals surface area contributed by atoms with Crippen molar-refractivity contribution in [2.24, 2.45) is 17.8 Å². The molecule has 0 saturated heterocycles. The Bertz CT molecular complexity index is 282. The molecule has 0 radical (unpaired) electrons. The van der Waals surface area contributed by atoms with Crippen LogP contribution in [-0.4, -0.2) is 18.2 Å². The van der Waals surface area contributed by atoms with Crippen molar-refractivity contribution in [2.45, 2.75) is 45.3 Å². The van der Waals surface area contributed by atoms with Gasteiger partial charge in [0.2, 0.25) is 0 Å². The Hall–Kier alpha value is -0.0900. The largest absolute Gasteiger partial charge is 0.285 e. The molecule has 0 aliphatic heterocycles. The van der Waals surface area contributed by atoms with Crippen molar-refractivity contribution in [2.75, 3.05) is 0 Å². The third-order valence-corrected chi connectivity index (χ3v) is 4.65. The van der Waals surface area contributed by atoms with E-state index in [0.29, 0.717) is 18.3 Å². The monoisotopic (exact) mass is 220 g/mol. The summed E-state index contributed by atoms with van der Waals surface area (Å²) in [6.07, 6.45) is 2.61. The minimum Gasteiger partial charge on any atom is -0.285 e. The van der Waals surface area contributed by atoms with E-state index in [1.807, 2.05) is 13.8 Å². The van der Waals surface area contributed by atoms with Crippen LogP contribution in [0.2, 0.25) is 0 Å². The van der Waals surface area contributed by atoms with Gasteiger partial charge >= 0.3 is 0 Å². The van der Waals surface area contributed by atoms with Gasteiger partial charge in [-0.25, -0.2) is 0 Å². The number of rotatable bonds is 2. The average Bonchev–Trinajstić information content (AvgIpc) is 2.01. The van der Waals surface area contributed by atoms with E-state index in [-0.39, 0.29) is 5.92 Å². The lowest BCUT2D eigenvalue weighted by Gasteiger charge is -2.35. The molecule has 14 heavy (non-hydrogen) atoms. The van der Waals surface area contributed by atoms with E-state index in [2.05, 4.69) is 6.92 Å². The summed E-state index contributed by atoms with van der Waals surface area (Å²) in [6, 6.07) is 0. The zero-order chi connectivity index (χ0) is 10.9. The van der Waals surface area contributed by atoms with Gasteiger partial charge in [-0.3, -0.25) is 4.55 Å². The van der Waals surface area contributed by atoms with Crippen LogP contribution in [0.15, 0.2) is 0 Å². The van der Waals surface area contributed by atoms with Crippen LogP contribution < -0.4 is 0 Å². The highest BCUT2D eigenvalue weighted by Gasteiger charge is 2.38. The molecule has 0 bridgehead atoms. The lowest BCUT2D eigenvalue weighted by Crippen LogP contribution is -2.37. The van der Waals surface area contributed by atoms with E-state index in [4.69, 9.17) is 4.55 Å². The maximum absolute atomic E-state index is 11.2. The standard InChI is InChI=1S/C10H20O3S/c1-7(2)9-5-4-8(3)6-10(9)14(11,12)13/h7-10H,4-6H2,1-3H3,(H,11,12,13). The van der Waals surface area contributed by atoms with Gasteiger partial charge in [-0.15, -0.1) is 0 Å². The summed E-state index contributed by atoms with van der Waals surface area (Å²) >= 11 is 0. The Morgan fingerprint density at radius 2 is 1.86 bits per heavy atom. The molecule has 3 nitrogen and oxygen atoms in total. The van der Waals surface area contributed by atoms with E-state index < -0.39 is 15.4 Å². The topological polar surface area (TPSA) is 54.4 Å². The van der Waals surface area contributed by atoms with Gasteiger partial charge in [0.25, 0.3) is 10.1 Å². The summed E-state index contributed by atoms with van der Waals surface area (Å²) in [5.41, 5.74) is 0. The predicted octanol–water partition coefficient (Wildman–Crippen LogP) is 2.33. The number of hydrogen-bond acceptors (Lipinski definition) is 2. The SMILES string of the molecule is CC1CCC(C(C)C)C(S(=O)(=O)O)C1. The molecule has 1 aliphatic rings. The minimum absolute atomic E-state index is 0.126. The van der Waals surface area contributed by atoms with Crippen LogP contribution >= 0.6 is 0 Å². The zero-order valence-electron chi connectivity index (χ0n) is 9.10. The third kappa shape index (κ3) is 2.70. The Balaban J connectivity index is 2.85. The molecule has 0 aromatic rings. The molecular weight excluding hydrogens is 200 g/mol. The first kappa shape index (κ1) is 12.0. The summed E-state index contributed by atoms with van der Waals surface area (Å²) in [5.74, 6) is 0.868. The highest BCUT2D eigenvalue weighted by Crippen LogP contribution is 2.36.